The van der Waals surface area contributed by atoms with Gasteiger partial charge in [0.25, 0.3) is 0 Å². The van der Waals surface area contributed by atoms with Crippen molar-refractivity contribution in [2.75, 3.05) is 5.75 Å². The highest BCUT2D eigenvalue weighted by Crippen LogP contribution is 2.48. The van der Waals surface area contributed by atoms with Crippen molar-refractivity contribution in [1.29, 1.82) is 5.26 Å². The van der Waals surface area contributed by atoms with Crippen LogP contribution in [-0.4, -0.2) is 37.2 Å². The molecule has 6 nitrogen and oxygen atoms in total. The summed E-state index contributed by atoms with van der Waals surface area (Å²) in [5, 5.41) is 11.3. The second-order valence-corrected chi connectivity index (χ2v) is 10.1. The van der Waals surface area contributed by atoms with Gasteiger partial charge in [0, 0.05) is 12.6 Å². The van der Waals surface area contributed by atoms with Crippen LogP contribution in [0.4, 0.5) is 17.6 Å². The van der Waals surface area contributed by atoms with E-state index >= 15 is 0 Å². The van der Waals surface area contributed by atoms with Gasteiger partial charge in [0.05, 0.1) is 23.3 Å². The highest BCUT2D eigenvalue weighted by Gasteiger charge is 2.47. The van der Waals surface area contributed by atoms with Gasteiger partial charge in [-0.2, -0.15) is 18.4 Å². The zero-order valence-electron chi connectivity index (χ0n) is 17.3. The van der Waals surface area contributed by atoms with Crippen molar-refractivity contribution in [2.45, 2.75) is 49.0 Å². The maximum Gasteiger partial charge on any atom is 0.407 e. The third kappa shape index (κ3) is 6.36. The number of aromatic nitrogens is 1. The fourth-order valence-corrected chi connectivity index (χ4v) is 4.68. The number of benzene rings is 1. The van der Waals surface area contributed by atoms with Crippen molar-refractivity contribution in [1.82, 2.24) is 10.3 Å². The molecule has 1 saturated carbocycles. The first kappa shape index (κ1) is 24.8. The Kier molecular flexibility index (Phi) is 7.19. The van der Waals surface area contributed by atoms with Gasteiger partial charge in [-0.15, -0.1) is 0 Å². The minimum atomic E-state index is -4.84. The number of halogens is 4. The van der Waals surface area contributed by atoms with Crippen molar-refractivity contribution in [3.05, 3.63) is 60.0 Å². The van der Waals surface area contributed by atoms with E-state index in [1.54, 1.807) is 0 Å². The van der Waals surface area contributed by atoms with E-state index in [0.717, 1.165) is 24.3 Å². The Morgan fingerprint density at radius 1 is 1.18 bits per heavy atom. The molecule has 0 saturated heterocycles. The van der Waals surface area contributed by atoms with E-state index in [2.05, 4.69) is 10.3 Å². The van der Waals surface area contributed by atoms with Crippen molar-refractivity contribution < 1.29 is 30.8 Å². The maximum atomic E-state index is 13.8. The van der Waals surface area contributed by atoms with Gasteiger partial charge in [-0.3, -0.25) is 10.1 Å². The minimum absolute atomic E-state index is 0.252. The Bertz CT molecular complexity index is 1130. The summed E-state index contributed by atoms with van der Waals surface area (Å²) in [5.74, 6) is -2.03. The lowest BCUT2D eigenvalue weighted by atomic mass is 9.94. The van der Waals surface area contributed by atoms with Gasteiger partial charge in [-0.05, 0) is 49.1 Å². The van der Waals surface area contributed by atoms with Crippen molar-refractivity contribution >= 4 is 15.6 Å². The van der Waals surface area contributed by atoms with Gasteiger partial charge in [0.2, 0.25) is 0 Å². The van der Waals surface area contributed by atoms with E-state index in [-0.39, 0.29) is 17.0 Å². The molecule has 2 atom stereocenters. The minimum Gasteiger partial charge on any atom is -0.298 e. The highest BCUT2D eigenvalue weighted by molar-refractivity contribution is 7.91. The number of sulfone groups is 1. The van der Waals surface area contributed by atoms with E-state index in [4.69, 9.17) is 0 Å². The van der Waals surface area contributed by atoms with Crippen LogP contribution in [0.5, 0.6) is 0 Å². The SMILES string of the molecule is N#CC1(CC(=O)[C@H](CCS(=O)(=O)c2ccccn2)NC(c2ccc(F)cc2)C(F)(F)F)CC1. The molecule has 1 aromatic carbocycles. The second-order valence-electron chi connectivity index (χ2n) is 8.06. The van der Waals surface area contributed by atoms with Gasteiger partial charge in [-0.1, -0.05) is 18.2 Å². The number of carbonyl (C=O) groups excluding carboxylic acids is 1. The Morgan fingerprint density at radius 3 is 2.36 bits per heavy atom. The first-order valence-electron chi connectivity index (χ1n) is 10.1. The normalized spacial score (nSPS) is 17.1. The van der Waals surface area contributed by atoms with E-state index in [1.807, 2.05) is 6.07 Å². The molecule has 1 aliphatic rings. The van der Waals surface area contributed by atoms with Crippen LogP contribution in [0, 0.1) is 22.6 Å². The molecule has 0 radical (unpaired) electrons. The molecular weight excluding hydrogens is 462 g/mol. The molecule has 0 aliphatic heterocycles. The van der Waals surface area contributed by atoms with E-state index < -0.39 is 57.3 Å². The molecule has 1 aromatic heterocycles. The molecule has 1 heterocycles. The number of hydrogen-bond donors (Lipinski definition) is 1. The lowest BCUT2D eigenvalue weighted by molar-refractivity contribution is -0.160. The Labute approximate surface area is 188 Å². The molecule has 11 heteroatoms. The van der Waals surface area contributed by atoms with Crippen LogP contribution >= 0.6 is 0 Å². The van der Waals surface area contributed by atoms with Crippen molar-refractivity contribution in [3.63, 3.8) is 0 Å². The summed E-state index contributed by atoms with van der Waals surface area (Å²) in [7, 11) is -3.96. The molecule has 3 rings (SSSR count). The van der Waals surface area contributed by atoms with Gasteiger partial charge in [-0.25, -0.2) is 17.8 Å². The van der Waals surface area contributed by atoms with Crippen LogP contribution in [0.3, 0.4) is 0 Å². The maximum absolute atomic E-state index is 13.8. The Balaban J connectivity index is 1.86. The second kappa shape index (κ2) is 9.57. The van der Waals surface area contributed by atoms with Crippen molar-refractivity contribution in [3.8, 4) is 6.07 Å². The number of Topliss-reactive ketones (excluding diaryl/α,β-unsaturated/α-hetero) is 1. The molecule has 1 unspecified atom stereocenters. The highest BCUT2D eigenvalue weighted by atomic mass is 32.2. The van der Waals surface area contributed by atoms with Gasteiger partial charge < -0.3 is 0 Å². The van der Waals surface area contributed by atoms with Crippen LogP contribution in [0.25, 0.3) is 0 Å². The van der Waals surface area contributed by atoms with E-state index in [0.29, 0.717) is 12.8 Å². The number of rotatable bonds is 10. The standard InChI is InChI=1S/C22H21F4N3O3S/c23-16-6-4-15(5-7-16)20(22(24,25)26)29-17(18(30)13-21(14-27)9-10-21)8-12-33(31,32)19-3-1-2-11-28-19/h1-7,11,17,20,29H,8-10,12-13H2/t17-,20?/m0/s1. The number of hydrogen-bond acceptors (Lipinski definition) is 6. The summed E-state index contributed by atoms with van der Waals surface area (Å²) >= 11 is 0. The zero-order chi connectivity index (χ0) is 24.3. The molecule has 176 valence electrons. The molecule has 1 aliphatic carbocycles. The lowest BCUT2D eigenvalue weighted by Gasteiger charge is -2.27. The summed E-state index contributed by atoms with van der Waals surface area (Å²) in [4.78, 5) is 16.7. The monoisotopic (exact) mass is 483 g/mol. The molecule has 0 amide bonds. The fourth-order valence-electron chi connectivity index (χ4n) is 3.42. The molecule has 1 fully saturated rings. The Hall–Kier alpha value is -2.84. The third-order valence-corrected chi connectivity index (χ3v) is 7.17. The third-order valence-electron chi connectivity index (χ3n) is 5.52. The number of ketones is 1. The van der Waals surface area contributed by atoms with Gasteiger partial charge in [0.1, 0.15) is 11.9 Å². The molecular formula is C22H21F4N3O3S. The smallest absolute Gasteiger partial charge is 0.298 e. The number of nitrogens with one attached hydrogen (secondary N) is 1. The van der Waals surface area contributed by atoms with Crippen LogP contribution in [0.2, 0.25) is 0 Å². The van der Waals surface area contributed by atoms with Gasteiger partial charge in [0.15, 0.2) is 20.6 Å². The van der Waals surface area contributed by atoms with Crippen LogP contribution in [0.15, 0.2) is 53.7 Å². The van der Waals surface area contributed by atoms with E-state index in [1.165, 1.54) is 24.4 Å². The van der Waals surface area contributed by atoms with Crippen LogP contribution in [-0.2, 0) is 14.6 Å². The largest absolute Gasteiger partial charge is 0.407 e. The fraction of sp³-hybridized carbons (Fsp3) is 0.409. The zero-order valence-corrected chi connectivity index (χ0v) is 18.2. The predicted octanol–water partition coefficient (Wildman–Crippen LogP) is 3.91. The van der Waals surface area contributed by atoms with E-state index in [9.17, 15) is 36.0 Å². The number of pyridine rings is 1. The predicted molar refractivity (Wildman–Crippen MR) is 110 cm³/mol. The average molecular weight is 483 g/mol. The van der Waals surface area contributed by atoms with Crippen LogP contribution in [0.1, 0.15) is 37.3 Å². The van der Waals surface area contributed by atoms with Crippen LogP contribution < -0.4 is 5.32 Å². The molecule has 2 aromatic rings. The van der Waals surface area contributed by atoms with Gasteiger partial charge >= 0.3 is 6.18 Å². The Morgan fingerprint density at radius 2 is 1.85 bits per heavy atom. The average Bonchev–Trinajstić information content (AvgIpc) is 3.54. The molecule has 0 spiro atoms. The first-order chi connectivity index (χ1) is 15.5. The summed E-state index contributed by atoms with van der Waals surface area (Å²) in [6.07, 6.45) is -3.40. The lowest BCUT2D eigenvalue weighted by Crippen LogP contribution is -2.46. The number of nitrogens with zero attached hydrogens (tertiary/aromatic N) is 2. The first-order valence-corrected chi connectivity index (χ1v) is 11.8. The summed E-state index contributed by atoms with van der Waals surface area (Å²) in [6, 6.07) is 6.05. The van der Waals surface area contributed by atoms with Crippen molar-refractivity contribution in [2.24, 2.45) is 5.41 Å². The number of nitriles is 1. The number of carbonyl (C=O) groups is 1. The topological polar surface area (TPSA) is 99.9 Å². The summed E-state index contributed by atoms with van der Waals surface area (Å²) in [6.45, 7) is 0. The summed E-state index contributed by atoms with van der Waals surface area (Å²) in [5.41, 5.74) is -1.24. The molecule has 0 bridgehead atoms. The summed E-state index contributed by atoms with van der Waals surface area (Å²) < 4.78 is 79.9. The number of alkyl halides is 3. The molecule has 33 heavy (non-hydrogen) atoms. The molecule has 1 N–H and O–H groups in total. The quantitative estimate of drug-likeness (QED) is 0.515.